The molecule has 0 unspecified atom stereocenters. The van der Waals surface area contributed by atoms with Crippen LogP contribution in [0.25, 0.3) is 60.6 Å². The third-order valence-electron chi connectivity index (χ3n) is 7.13. The van der Waals surface area contributed by atoms with E-state index in [2.05, 4.69) is 62.9 Å². The summed E-state index contributed by atoms with van der Waals surface area (Å²) in [6, 6.07) is 38.7. The molecule has 8 rings (SSSR count). The Morgan fingerprint density at radius 2 is 1.60 bits per heavy atom. The van der Waals surface area contributed by atoms with E-state index in [1.165, 1.54) is 35.2 Å². The van der Waals surface area contributed by atoms with E-state index < -0.39 is 13.7 Å². The Morgan fingerprint density at radius 1 is 0.762 bits per heavy atom. The number of benzene rings is 4. The Morgan fingerprint density at radius 3 is 2.33 bits per heavy atom. The zero-order valence-corrected chi connectivity index (χ0v) is 24.4. The number of aryl methyl sites for hydroxylation is 2. The largest absolute Gasteiger partial charge is 0.348 e. The van der Waals surface area contributed by atoms with Gasteiger partial charge in [0.05, 0.1) is 11.6 Å². The van der Waals surface area contributed by atoms with Crippen molar-refractivity contribution in [2.75, 3.05) is 0 Å². The normalized spacial score (nSPS) is 13.6. The minimum Gasteiger partial charge on any atom is -0.348 e. The Labute approximate surface area is 266 Å². The van der Waals surface area contributed by atoms with Gasteiger partial charge >= 0.3 is 0 Å². The van der Waals surface area contributed by atoms with Crippen LogP contribution in [-0.4, -0.2) is 14.4 Å². The topological polar surface area (TPSA) is 54.0 Å². The molecule has 42 heavy (non-hydrogen) atoms. The van der Waals surface area contributed by atoms with E-state index in [1.54, 1.807) is 12.1 Å². The van der Waals surface area contributed by atoms with Gasteiger partial charge in [-0.15, -0.1) is 47.5 Å². The molecule has 0 aliphatic carbocycles. The smallest absolute Gasteiger partial charge is 0.0991 e. The molecule has 0 N–H and O–H groups in total. The van der Waals surface area contributed by atoms with Crippen molar-refractivity contribution in [3.8, 4) is 28.6 Å². The number of nitrogens with zero attached hydrogens (tertiary/aromatic N) is 4. The fourth-order valence-electron chi connectivity index (χ4n) is 5.27. The van der Waals surface area contributed by atoms with E-state index >= 15 is 0 Å². The van der Waals surface area contributed by atoms with Crippen molar-refractivity contribution in [1.82, 2.24) is 14.4 Å². The average Bonchev–Trinajstić information content (AvgIpc) is 3.59. The zero-order valence-electron chi connectivity index (χ0n) is 28.0. The first-order valence-corrected chi connectivity index (χ1v) is 13.0. The summed E-state index contributed by atoms with van der Waals surface area (Å²) in [6.45, 7) is -4.34. The number of fused-ring (bicyclic) bond motifs is 6. The molecule has 4 nitrogen and oxygen atoms in total. The first kappa shape index (κ1) is 20.9. The third kappa shape index (κ3) is 4.71. The van der Waals surface area contributed by atoms with Crippen LogP contribution >= 0.6 is 0 Å². The maximum Gasteiger partial charge on any atom is 0.0991 e. The summed E-state index contributed by atoms with van der Waals surface area (Å²) in [5.74, 6) is 0. The van der Waals surface area contributed by atoms with Gasteiger partial charge in [0.1, 0.15) is 0 Å². The number of hydrogen-bond acceptors (Lipinski definition) is 3. The van der Waals surface area contributed by atoms with Crippen LogP contribution in [0.4, 0.5) is 0 Å². The molecule has 0 aliphatic rings. The Balaban J connectivity index is 0.000000172. The quantitative estimate of drug-likeness (QED) is 0.168. The summed E-state index contributed by atoms with van der Waals surface area (Å²) >= 11 is 0. The molecule has 1 radical (unpaired) electrons. The molecule has 0 atom stereocenters. The van der Waals surface area contributed by atoms with Gasteiger partial charge in [0.25, 0.3) is 0 Å². The van der Waals surface area contributed by atoms with Crippen molar-refractivity contribution in [1.29, 1.82) is 5.26 Å². The molecule has 8 aromatic rings. The molecule has 0 bridgehead atoms. The van der Waals surface area contributed by atoms with Gasteiger partial charge in [-0.1, -0.05) is 83.2 Å². The van der Waals surface area contributed by atoms with E-state index in [0.29, 0.717) is 16.8 Å². The molecule has 4 aromatic heterocycles. The van der Waals surface area contributed by atoms with Crippen molar-refractivity contribution in [2.45, 2.75) is 13.7 Å². The Kier molecular flexibility index (Phi) is 5.57. The molecule has 5 heteroatoms. The van der Waals surface area contributed by atoms with Crippen molar-refractivity contribution in [3.63, 3.8) is 0 Å². The van der Waals surface area contributed by atoms with E-state index in [4.69, 9.17) is 8.22 Å². The van der Waals surface area contributed by atoms with Gasteiger partial charge in [0.15, 0.2) is 0 Å². The van der Waals surface area contributed by atoms with E-state index in [9.17, 15) is 5.26 Å². The number of aromatic nitrogens is 3. The van der Waals surface area contributed by atoms with Crippen molar-refractivity contribution in [3.05, 3.63) is 138 Å². The van der Waals surface area contributed by atoms with Gasteiger partial charge in [-0.2, -0.15) is 5.26 Å². The van der Waals surface area contributed by atoms with Crippen LogP contribution in [0.5, 0.6) is 0 Å². The first-order chi connectivity index (χ1) is 22.5. The standard InChI is InChI=1S/C24H12N3.C13H12N.Ir/c25-14-15-8-9-18-20-13-16(21-6-3-4-10-26-21)12-19-17-5-1-2-7-22(17)27(24(19)20)23(18)11-15;1-10-3-6-12(7-4-10)13-8-5-11(2)9-14-13;/h1-12H;3-6,8-9H,1-2H3;/q2*-1;/i;1D3,2D3;. The van der Waals surface area contributed by atoms with Gasteiger partial charge in [0, 0.05) is 57.5 Å². The maximum absolute atomic E-state index is 9.36. The van der Waals surface area contributed by atoms with Crippen LogP contribution in [0.1, 0.15) is 24.9 Å². The molecule has 0 spiro atoms. The molecule has 0 fully saturated rings. The van der Waals surface area contributed by atoms with Crippen LogP contribution in [0, 0.1) is 37.2 Å². The van der Waals surface area contributed by atoms with Crippen LogP contribution in [0.3, 0.4) is 0 Å². The summed E-state index contributed by atoms with van der Waals surface area (Å²) in [4.78, 5) is 8.59. The van der Waals surface area contributed by atoms with Gasteiger partial charge < -0.3 is 9.38 Å². The van der Waals surface area contributed by atoms with Crippen molar-refractivity contribution >= 4 is 38.1 Å². The number of para-hydroxylation sites is 1. The summed E-state index contributed by atoms with van der Waals surface area (Å²) in [7, 11) is 0. The minimum atomic E-state index is -2.18. The van der Waals surface area contributed by atoms with Gasteiger partial charge in [0.2, 0.25) is 0 Å². The molecule has 0 aliphatic heterocycles. The Hall–Kier alpha value is -4.88. The van der Waals surface area contributed by atoms with Crippen LogP contribution < -0.4 is 0 Å². The average molecular weight is 723 g/mol. The minimum absolute atomic E-state index is 0. The predicted molar refractivity (Wildman–Crippen MR) is 166 cm³/mol. The van der Waals surface area contributed by atoms with Gasteiger partial charge in [-0.3, -0.25) is 4.98 Å². The molecular formula is C37H24IrN4-2. The molecule has 0 amide bonds. The van der Waals surface area contributed by atoms with Gasteiger partial charge in [-0.05, 0) is 47.2 Å². The van der Waals surface area contributed by atoms with Crippen molar-refractivity contribution in [2.24, 2.45) is 0 Å². The second-order valence-electron chi connectivity index (χ2n) is 9.65. The first-order valence-electron chi connectivity index (χ1n) is 16.0. The van der Waals surface area contributed by atoms with Crippen LogP contribution in [-0.2, 0) is 20.1 Å². The molecule has 4 heterocycles. The molecular weight excluding hydrogens is 693 g/mol. The molecule has 0 saturated heterocycles. The number of hydrogen-bond donors (Lipinski definition) is 0. The fraction of sp³-hybridized carbons (Fsp3) is 0.0541. The van der Waals surface area contributed by atoms with E-state index in [1.807, 2.05) is 42.6 Å². The summed E-state index contributed by atoms with van der Waals surface area (Å²) < 4.78 is 45.9. The summed E-state index contributed by atoms with van der Waals surface area (Å²) in [6.07, 6.45) is 3.11. The van der Waals surface area contributed by atoms with Crippen LogP contribution in [0.15, 0.2) is 109 Å². The second kappa shape index (κ2) is 11.2. The number of rotatable bonds is 2. The molecule has 4 aromatic carbocycles. The van der Waals surface area contributed by atoms with Crippen molar-refractivity contribution < 1.29 is 28.3 Å². The fourth-order valence-corrected chi connectivity index (χ4v) is 5.27. The van der Waals surface area contributed by atoms with Gasteiger partial charge in [-0.25, -0.2) is 0 Å². The molecule has 203 valence electrons. The summed E-state index contributed by atoms with van der Waals surface area (Å²) in [5, 5.41) is 13.9. The SMILES string of the molecule is N#Cc1ccc2c3[c-]c(-c4ccccn4)cc4c5ccccc5n(c2c1)c34.[2H]C([2H])([2H])c1c[c-]c(-c2ccc(C([2H])([2H])[2H])cn2)cc1.[Ir]. The number of nitriles is 1. The second-order valence-corrected chi connectivity index (χ2v) is 9.65. The zero-order chi connectivity index (χ0) is 32.9. The van der Waals surface area contributed by atoms with E-state index in [-0.39, 0.29) is 31.2 Å². The van der Waals surface area contributed by atoms with Crippen LogP contribution in [0.2, 0.25) is 0 Å². The predicted octanol–water partition coefficient (Wildman–Crippen LogP) is 8.73. The summed E-state index contributed by atoms with van der Waals surface area (Å²) in [5.41, 5.74) is 7.45. The Bertz CT molecular complexity index is 2370. The monoisotopic (exact) mass is 723 g/mol. The maximum atomic E-state index is 9.36. The number of pyridine rings is 2. The molecule has 0 saturated carbocycles. The van der Waals surface area contributed by atoms with E-state index in [0.717, 1.165) is 38.6 Å². The third-order valence-corrected chi connectivity index (χ3v) is 7.13.